The van der Waals surface area contributed by atoms with Crippen molar-refractivity contribution in [3.8, 4) is 17.2 Å². The van der Waals surface area contributed by atoms with Crippen molar-refractivity contribution in [2.24, 2.45) is 5.10 Å². The summed E-state index contributed by atoms with van der Waals surface area (Å²) in [5.41, 5.74) is 4.35. The summed E-state index contributed by atoms with van der Waals surface area (Å²) in [5, 5.41) is 9.29. The number of benzene rings is 3. The first-order valence-electron chi connectivity index (χ1n) is 12.9. The smallest absolute Gasteiger partial charge is 0.338 e. The molecular formula is C30H32N4O8. The van der Waals surface area contributed by atoms with E-state index in [4.69, 9.17) is 18.9 Å². The van der Waals surface area contributed by atoms with Crippen LogP contribution in [0.15, 0.2) is 71.8 Å². The zero-order valence-corrected chi connectivity index (χ0v) is 23.5. The quantitative estimate of drug-likeness (QED) is 0.150. The summed E-state index contributed by atoms with van der Waals surface area (Å²) >= 11 is 0. The molecule has 3 rings (SSSR count). The van der Waals surface area contributed by atoms with Gasteiger partial charge in [0.05, 0.1) is 32.6 Å². The maximum atomic E-state index is 12.3. The number of nitrogens with zero attached hydrogens (tertiary/aromatic N) is 1. The normalized spacial score (nSPS) is 10.5. The van der Waals surface area contributed by atoms with Crippen molar-refractivity contribution in [3.63, 3.8) is 0 Å². The van der Waals surface area contributed by atoms with Crippen LogP contribution < -0.4 is 30.3 Å². The van der Waals surface area contributed by atoms with Crippen molar-refractivity contribution in [2.45, 2.75) is 13.3 Å². The Hall–Kier alpha value is -5.39. The summed E-state index contributed by atoms with van der Waals surface area (Å²) in [6, 6.07) is 17.8. The largest absolute Gasteiger partial charge is 0.497 e. The van der Waals surface area contributed by atoms with Crippen LogP contribution in [-0.2, 0) is 14.3 Å². The van der Waals surface area contributed by atoms with Gasteiger partial charge in [0, 0.05) is 24.2 Å². The summed E-state index contributed by atoms with van der Waals surface area (Å²) in [4.78, 5) is 48.3. The maximum Gasteiger partial charge on any atom is 0.338 e. The first-order chi connectivity index (χ1) is 20.3. The molecule has 0 fully saturated rings. The van der Waals surface area contributed by atoms with Gasteiger partial charge in [0.15, 0.2) is 18.1 Å². The number of methoxy groups -OCH3 is 2. The van der Waals surface area contributed by atoms with E-state index in [0.29, 0.717) is 39.6 Å². The molecule has 0 saturated heterocycles. The molecular weight excluding hydrogens is 544 g/mol. The number of hydrazone groups is 1. The fourth-order valence-electron chi connectivity index (χ4n) is 3.50. The summed E-state index contributed by atoms with van der Waals surface area (Å²) < 4.78 is 20.9. The van der Waals surface area contributed by atoms with Gasteiger partial charge in [-0.1, -0.05) is 0 Å². The van der Waals surface area contributed by atoms with Crippen molar-refractivity contribution in [1.29, 1.82) is 0 Å². The molecule has 42 heavy (non-hydrogen) atoms. The average molecular weight is 577 g/mol. The van der Waals surface area contributed by atoms with Crippen LogP contribution in [0.4, 0.5) is 5.69 Å². The van der Waals surface area contributed by atoms with Gasteiger partial charge in [-0.15, -0.1) is 0 Å². The Morgan fingerprint density at radius 2 is 1.55 bits per heavy atom. The molecule has 3 N–H and O–H groups in total. The highest BCUT2D eigenvalue weighted by Gasteiger charge is 2.11. The van der Waals surface area contributed by atoms with Crippen molar-refractivity contribution in [1.82, 2.24) is 10.7 Å². The second kappa shape index (κ2) is 16.0. The first-order valence-corrected chi connectivity index (χ1v) is 12.9. The SMILES string of the molecule is CCOC(=O)c1ccc(NC(=O)COc2ccc(C=NNC(=O)CCNC(=O)c3ccc(OC)cc3)cc2OC)cc1. The molecule has 0 radical (unpaired) electrons. The molecule has 0 atom stereocenters. The van der Waals surface area contributed by atoms with Gasteiger partial charge in [0.25, 0.3) is 11.8 Å². The van der Waals surface area contributed by atoms with E-state index in [1.807, 2.05) is 0 Å². The van der Waals surface area contributed by atoms with Crippen LogP contribution in [0, 0.1) is 0 Å². The lowest BCUT2D eigenvalue weighted by atomic mass is 10.2. The highest BCUT2D eigenvalue weighted by molar-refractivity contribution is 5.95. The Labute approximate surface area is 243 Å². The molecule has 0 spiro atoms. The van der Waals surface area contributed by atoms with Crippen LogP contribution >= 0.6 is 0 Å². The molecule has 0 unspecified atom stereocenters. The maximum absolute atomic E-state index is 12.3. The highest BCUT2D eigenvalue weighted by Crippen LogP contribution is 2.27. The van der Waals surface area contributed by atoms with E-state index in [0.717, 1.165) is 0 Å². The number of anilines is 1. The van der Waals surface area contributed by atoms with Gasteiger partial charge in [-0.3, -0.25) is 14.4 Å². The monoisotopic (exact) mass is 576 g/mol. The molecule has 3 aromatic rings. The highest BCUT2D eigenvalue weighted by atomic mass is 16.5. The van der Waals surface area contributed by atoms with Crippen LogP contribution in [0.2, 0.25) is 0 Å². The zero-order valence-electron chi connectivity index (χ0n) is 23.5. The second-order valence-electron chi connectivity index (χ2n) is 8.57. The van der Waals surface area contributed by atoms with E-state index in [9.17, 15) is 19.2 Å². The molecule has 0 saturated carbocycles. The molecule has 3 aromatic carbocycles. The molecule has 12 heteroatoms. The van der Waals surface area contributed by atoms with Gasteiger partial charge in [-0.2, -0.15) is 5.10 Å². The number of carbonyl (C=O) groups is 4. The summed E-state index contributed by atoms with van der Waals surface area (Å²) in [7, 11) is 3.00. The van der Waals surface area contributed by atoms with Crippen LogP contribution in [0.3, 0.4) is 0 Å². The Morgan fingerprint density at radius 3 is 2.21 bits per heavy atom. The molecule has 0 aliphatic carbocycles. The number of amides is 3. The van der Waals surface area contributed by atoms with Gasteiger partial charge in [0.2, 0.25) is 5.91 Å². The van der Waals surface area contributed by atoms with E-state index in [1.165, 1.54) is 13.3 Å². The predicted molar refractivity (Wildman–Crippen MR) is 155 cm³/mol. The van der Waals surface area contributed by atoms with E-state index in [-0.39, 0.29) is 38.0 Å². The van der Waals surface area contributed by atoms with Crippen molar-refractivity contribution in [2.75, 3.05) is 39.3 Å². The van der Waals surface area contributed by atoms with Crippen molar-refractivity contribution in [3.05, 3.63) is 83.4 Å². The Bertz CT molecular complexity index is 1410. The molecule has 220 valence electrons. The number of esters is 1. The van der Waals surface area contributed by atoms with Crippen LogP contribution in [0.1, 0.15) is 39.6 Å². The number of nitrogens with one attached hydrogen (secondary N) is 3. The number of ether oxygens (including phenoxy) is 4. The third-order valence-corrected chi connectivity index (χ3v) is 5.62. The van der Waals surface area contributed by atoms with Crippen molar-refractivity contribution < 1.29 is 38.1 Å². The number of carbonyl (C=O) groups excluding carboxylic acids is 4. The van der Waals surface area contributed by atoms with Gasteiger partial charge >= 0.3 is 5.97 Å². The minimum atomic E-state index is -0.437. The van der Waals surface area contributed by atoms with Gasteiger partial charge in [-0.05, 0) is 79.2 Å². The number of hydrogen-bond donors (Lipinski definition) is 3. The van der Waals surface area contributed by atoms with Crippen molar-refractivity contribution >= 4 is 35.6 Å². The van der Waals surface area contributed by atoms with E-state index >= 15 is 0 Å². The fourth-order valence-corrected chi connectivity index (χ4v) is 3.50. The lowest BCUT2D eigenvalue weighted by molar-refractivity contribution is -0.121. The number of rotatable bonds is 14. The fraction of sp³-hybridized carbons (Fsp3) is 0.233. The third kappa shape index (κ3) is 9.66. The minimum absolute atomic E-state index is 0.0347. The van der Waals surface area contributed by atoms with Gasteiger partial charge < -0.3 is 29.6 Å². The summed E-state index contributed by atoms with van der Waals surface area (Å²) in [6.07, 6.45) is 1.46. The third-order valence-electron chi connectivity index (χ3n) is 5.62. The Morgan fingerprint density at radius 1 is 0.833 bits per heavy atom. The topological polar surface area (TPSA) is 154 Å². The van der Waals surface area contributed by atoms with Gasteiger partial charge in [0.1, 0.15) is 5.75 Å². The van der Waals surface area contributed by atoms with Gasteiger partial charge in [-0.25, -0.2) is 10.2 Å². The lowest BCUT2D eigenvalue weighted by Gasteiger charge is -2.11. The van der Waals surface area contributed by atoms with Crippen LogP contribution in [-0.4, -0.2) is 63.9 Å². The second-order valence-corrected chi connectivity index (χ2v) is 8.57. The van der Waals surface area contributed by atoms with E-state index < -0.39 is 11.9 Å². The molecule has 12 nitrogen and oxygen atoms in total. The Balaban J connectivity index is 1.42. The molecule has 0 bridgehead atoms. The minimum Gasteiger partial charge on any atom is -0.497 e. The molecule has 0 aliphatic heterocycles. The standard InChI is InChI=1S/C30H32N4O8/c1-4-41-30(38)22-6-10-23(11-7-22)33-28(36)19-42-25-14-5-20(17-26(25)40-3)18-32-34-27(35)15-16-31-29(37)21-8-12-24(39-2)13-9-21/h5-14,17-18H,4,15-16,19H2,1-3H3,(H,31,37)(H,33,36)(H,34,35). The van der Waals surface area contributed by atoms with E-state index in [1.54, 1.807) is 80.8 Å². The Kier molecular flexibility index (Phi) is 11.9. The zero-order chi connectivity index (χ0) is 30.3. The van der Waals surface area contributed by atoms with E-state index in [2.05, 4.69) is 21.2 Å². The average Bonchev–Trinajstić information content (AvgIpc) is 3.00. The number of hydrogen-bond acceptors (Lipinski definition) is 9. The molecule has 3 amide bonds. The molecule has 0 heterocycles. The molecule has 0 aromatic heterocycles. The van der Waals surface area contributed by atoms with Crippen LogP contribution in [0.5, 0.6) is 17.2 Å². The summed E-state index contributed by atoms with van der Waals surface area (Å²) in [5.74, 6) is -0.191. The lowest BCUT2D eigenvalue weighted by Crippen LogP contribution is -2.29. The van der Waals surface area contributed by atoms with Crippen LogP contribution in [0.25, 0.3) is 0 Å². The first kappa shape index (κ1) is 31.1. The molecule has 0 aliphatic rings. The summed E-state index contributed by atoms with van der Waals surface area (Å²) in [6.45, 7) is 1.85. The predicted octanol–water partition coefficient (Wildman–Crippen LogP) is 3.17.